The second-order valence-electron chi connectivity index (χ2n) is 5.42. The lowest BCUT2D eigenvalue weighted by Crippen LogP contribution is -2.02. The van der Waals surface area contributed by atoms with Crippen LogP contribution >= 0.6 is 7.80 Å². The maximum Gasteiger partial charge on any atom is 0.382 e. The Kier molecular flexibility index (Phi) is 4.93. The lowest BCUT2D eigenvalue weighted by Gasteiger charge is -2.05. The highest BCUT2D eigenvalue weighted by atomic mass is 31.1. The zero-order valence-electron chi connectivity index (χ0n) is 13.3. The molecule has 1 N–H and O–H groups in total. The molecule has 0 fully saturated rings. The van der Waals surface area contributed by atoms with Crippen LogP contribution in [0.5, 0.6) is 11.5 Å². The number of para-hydroxylation sites is 1. The van der Waals surface area contributed by atoms with Crippen LogP contribution in [0.3, 0.4) is 0 Å². The number of benzene rings is 3. The zero-order chi connectivity index (χ0) is 16.9. The molecule has 0 radical (unpaired) electrons. The lowest BCUT2D eigenvalue weighted by atomic mass is 10.0. The van der Waals surface area contributed by atoms with Gasteiger partial charge >= 0.3 is 7.80 Å². The molecule has 0 aliphatic rings. The minimum absolute atomic E-state index is 0.192. The van der Waals surface area contributed by atoms with Crippen molar-refractivity contribution in [1.82, 2.24) is 0 Å². The summed E-state index contributed by atoms with van der Waals surface area (Å²) in [5.41, 5.74) is 2.50. The second kappa shape index (κ2) is 7.29. The molecule has 0 amide bonds. The highest BCUT2D eigenvalue weighted by molar-refractivity contribution is 7.53. The van der Waals surface area contributed by atoms with Crippen LogP contribution in [0.4, 0.5) is 0 Å². The molecule has 0 aliphatic heterocycles. The van der Waals surface area contributed by atoms with Crippen LogP contribution in [0, 0.1) is 0 Å². The SMILES string of the molecule is COc1ccc(C[P+](=O)c2ccccc2-c2ccccc2O)cc1. The van der Waals surface area contributed by atoms with E-state index < -0.39 is 7.80 Å². The molecule has 0 saturated heterocycles. The zero-order valence-corrected chi connectivity index (χ0v) is 14.2. The molecule has 0 spiro atoms. The first kappa shape index (κ1) is 16.2. The van der Waals surface area contributed by atoms with Crippen LogP contribution in [-0.2, 0) is 10.7 Å². The van der Waals surface area contributed by atoms with Gasteiger partial charge in [-0.05, 0) is 30.3 Å². The van der Waals surface area contributed by atoms with Gasteiger partial charge in [0.25, 0.3) is 0 Å². The predicted molar refractivity (Wildman–Crippen MR) is 97.5 cm³/mol. The summed E-state index contributed by atoms with van der Waals surface area (Å²) in [5.74, 6) is 0.974. The third-order valence-electron chi connectivity index (χ3n) is 3.85. The number of methoxy groups -OCH3 is 1. The van der Waals surface area contributed by atoms with Crippen molar-refractivity contribution in [2.24, 2.45) is 0 Å². The number of hydrogen-bond acceptors (Lipinski definition) is 3. The monoisotopic (exact) mass is 337 g/mol. The van der Waals surface area contributed by atoms with Gasteiger partial charge in [-0.15, -0.1) is 0 Å². The Morgan fingerprint density at radius 1 is 0.875 bits per heavy atom. The van der Waals surface area contributed by atoms with Crippen LogP contribution in [0.25, 0.3) is 11.1 Å². The van der Waals surface area contributed by atoms with Crippen LogP contribution in [-0.4, -0.2) is 12.2 Å². The van der Waals surface area contributed by atoms with E-state index in [4.69, 9.17) is 4.74 Å². The largest absolute Gasteiger partial charge is 0.507 e. The van der Waals surface area contributed by atoms with E-state index in [-0.39, 0.29) is 5.75 Å². The van der Waals surface area contributed by atoms with Crippen LogP contribution in [0.15, 0.2) is 72.8 Å². The Balaban J connectivity index is 1.92. The molecule has 24 heavy (non-hydrogen) atoms. The Morgan fingerprint density at radius 2 is 1.50 bits per heavy atom. The number of rotatable bonds is 5. The number of phenols is 1. The van der Waals surface area contributed by atoms with Gasteiger partial charge in [-0.2, -0.15) is 0 Å². The Bertz CT molecular complexity index is 857. The number of ether oxygens (including phenoxy) is 1. The van der Waals surface area contributed by atoms with E-state index in [0.29, 0.717) is 11.7 Å². The first-order chi connectivity index (χ1) is 11.7. The Labute approximate surface area is 142 Å². The molecular formula is C20H18O3P+. The standard InChI is InChI=1S/C20H17O3P/c1-23-16-12-10-15(11-13-16)14-24(22)20-9-5-3-7-18(20)17-6-2-4-8-19(17)21/h2-13H,14H2,1H3/p+1. The van der Waals surface area contributed by atoms with Gasteiger partial charge in [-0.3, -0.25) is 0 Å². The Morgan fingerprint density at radius 3 is 2.17 bits per heavy atom. The van der Waals surface area contributed by atoms with E-state index in [1.165, 1.54) is 0 Å². The summed E-state index contributed by atoms with van der Waals surface area (Å²) in [4.78, 5) is 0. The number of phenolic OH excluding ortho intramolecular Hbond substituents is 1. The van der Waals surface area contributed by atoms with Gasteiger partial charge in [-0.25, -0.2) is 0 Å². The quantitative estimate of drug-likeness (QED) is 0.685. The molecule has 1 unspecified atom stereocenters. The van der Waals surface area contributed by atoms with Gasteiger partial charge in [0.05, 0.1) is 7.11 Å². The summed E-state index contributed by atoms with van der Waals surface area (Å²) in [7, 11) is -0.00149. The highest BCUT2D eigenvalue weighted by Gasteiger charge is 2.25. The van der Waals surface area contributed by atoms with Gasteiger partial charge in [0.1, 0.15) is 11.5 Å². The van der Waals surface area contributed by atoms with E-state index >= 15 is 0 Å². The van der Waals surface area contributed by atoms with E-state index in [9.17, 15) is 9.67 Å². The lowest BCUT2D eigenvalue weighted by molar-refractivity contribution is 0.414. The van der Waals surface area contributed by atoms with Crippen molar-refractivity contribution in [3.8, 4) is 22.6 Å². The van der Waals surface area contributed by atoms with Gasteiger partial charge in [0.15, 0.2) is 11.5 Å². The normalized spacial score (nSPS) is 11.1. The predicted octanol–water partition coefficient (Wildman–Crippen LogP) is 4.72. The van der Waals surface area contributed by atoms with Crippen LogP contribution < -0.4 is 10.0 Å². The minimum atomic E-state index is -1.62. The van der Waals surface area contributed by atoms with Crippen molar-refractivity contribution < 1.29 is 14.4 Å². The molecule has 120 valence electrons. The van der Waals surface area contributed by atoms with Gasteiger partial charge in [-0.1, -0.05) is 47.0 Å². The second-order valence-corrected chi connectivity index (χ2v) is 6.97. The maximum absolute atomic E-state index is 12.9. The van der Waals surface area contributed by atoms with E-state index in [0.717, 1.165) is 22.2 Å². The molecule has 0 aromatic heterocycles. The molecule has 0 heterocycles. The average molecular weight is 337 g/mol. The summed E-state index contributed by atoms with van der Waals surface area (Å²) in [6, 6.07) is 22.2. The fraction of sp³-hybridized carbons (Fsp3) is 0.100. The van der Waals surface area contributed by atoms with E-state index in [1.54, 1.807) is 19.2 Å². The first-order valence-electron chi connectivity index (χ1n) is 7.64. The van der Waals surface area contributed by atoms with Crippen molar-refractivity contribution >= 4 is 13.1 Å². The van der Waals surface area contributed by atoms with Gasteiger partial charge < -0.3 is 9.84 Å². The number of aromatic hydroxyl groups is 1. The minimum Gasteiger partial charge on any atom is -0.507 e. The third kappa shape index (κ3) is 3.47. The smallest absolute Gasteiger partial charge is 0.382 e. The molecule has 0 aliphatic carbocycles. The van der Waals surface area contributed by atoms with E-state index in [1.807, 2.05) is 60.7 Å². The molecular weight excluding hydrogens is 319 g/mol. The molecule has 1 atom stereocenters. The average Bonchev–Trinajstić information content (AvgIpc) is 2.63. The summed E-state index contributed by atoms with van der Waals surface area (Å²) < 4.78 is 18.1. The molecule has 3 nitrogen and oxygen atoms in total. The molecule has 3 rings (SSSR count). The molecule has 4 heteroatoms. The van der Waals surface area contributed by atoms with E-state index in [2.05, 4.69) is 0 Å². The molecule has 0 bridgehead atoms. The van der Waals surface area contributed by atoms with Crippen molar-refractivity contribution in [1.29, 1.82) is 0 Å². The highest BCUT2D eigenvalue weighted by Crippen LogP contribution is 2.35. The van der Waals surface area contributed by atoms with Crippen molar-refractivity contribution in [2.75, 3.05) is 7.11 Å². The fourth-order valence-corrected chi connectivity index (χ4v) is 4.03. The summed E-state index contributed by atoms with van der Waals surface area (Å²) in [5, 5.41) is 10.9. The van der Waals surface area contributed by atoms with Gasteiger partial charge in [0.2, 0.25) is 0 Å². The summed E-state index contributed by atoms with van der Waals surface area (Å²) >= 11 is 0. The topological polar surface area (TPSA) is 46.5 Å². The molecule has 3 aromatic rings. The van der Waals surface area contributed by atoms with Crippen molar-refractivity contribution in [2.45, 2.75) is 6.16 Å². The summed E-state index contributed by atoms with van der Waals surface area (Å²) in [6.45, 7) is 0. The third-order valence-corrected chi connectivity index (χ3v) is 5.43. The van der Waals surface area contributed by atoms with Crippen LogP contribution in [0.2, 0.25) is 0 Å². The number of hydrogen-bond donors (Lipinski definition) is 1. The maximum atomic E-state index is 12.9. The van der Waals surface area contributed by atoms with Crippen LogP contribution in [0.1, 0.15) is 5.56 Å². The van der Waals surface area contributed by atoms with Gasteiger partial charge in [0, 0.05) is 16.7 Å². The fourth-order valence-electron chi connectivity index (χ4n) is 2.60. The first-order valence-corrected chi connectivity index (χ1v) is 9.08. The molecule has 0 saturated carbocycles. The van der Waals surface area contributed by atoms with Crippen molar-refractivity contribution in [3.05, 3.63) is 78.4 Å². The van der Waals surface area contributed by atoms with Crippen molar-refractivity contribution in [3.63, 3.8) is 0 Å². The Hall–Kier alpha value is -2.64. The molecule has 3 aromatic carbocycles. The summed E-state index contributed by atoms with van der Waals surface area (Å²) in [6.07, 6.45) is 0.448.